The number of rotatable bonds is 5. The number of nitrogens with zero attached hydrogens (tertiary/aromatic N) is 1. The summed E-state index contributed by atoms with van der Waals surface area (Å²) >= 11 is 0. The van der Waals surface area contributed by atoms with E-state index in [-0.39, 0.29) is 30.2 Å². The third-order valence-electron chi connectivity index (χ3n) is 4.57. The van der Waals surface area contributed by atoms with E-state index in [1.807, 2.05) is 0 Å². The fourth-order valence-corrected chi connectivity index (χ4v) is 3.10. The van der Waals surface area contributed by atoms with Crippen LogP contribution in [0.25, 0.3) is 0 Å². The molecule has 0 saturated heterocycles. The van der Waals surface area contributed by atoms with E-state index >= 15 is 0 Å². The van der Waals surface area contributed by atoms with E-state index in [1.54, 1.807) is 12.1 Å². The smallest absolute Gasteiger partial charge is 0.294 e. The maximum absolute atomic E-state index is 12.9. The second-order valence-corrected chi connectivity index (χ2v) is 6.63. The zero-order valence-corrected chi connectivity index (χ0v) is 15.1. The highest BCUT2D eigenvalue weighted by Crippen LogP contribution is 2.36. The number of carbonyl (C=O) groups excluding carboxylic acids is 3. The van der Waals surface area contributed by atoms with Gasteiger partial charge in [-0.3, -0.25) is 19.3 Å². The number of hydrogen-bond acceptors (Lipinski definition) is 3. The first kappa shape index (κ1) is 21.5. The van der Waals surface area contributed by atoms with Crippen LogP contribution in [-0.4, -0.2) is 29.0 Å². The van der Waals surface area contributed by atoms with Gasteiger partial charge in [-0.15, -0.1) is 0 Å². The largest absolute Gasteiger partial charge is 0.416 e. The molecule has 0 saturated carbocycles. The maximum atomic E-state index is 12.9. The highest BCUT2D eigenvalue weighted by Gasteiger charge is 2.38. The summed E-state index contributed by atoms with van der Waals surface area (Å²) in [6.45, 7) is -0.191. The lowest BCUT2D eigenvalue weighted by molar-refractivity contribution is -0.143. The summed E-state index contributed by atoms with van der Waals surface area (Å²) in [5.41, 5.74) is -3.51. The molecule has 3 rings (SSSR count). The van der Waals surface area contributed by atoms with Gasteiger partial charge in [0.1, 0.15) is 0 Å². The van der Waals surface area contributed by atoms with Crippen LogP contribution in [0.15, 0.2) is 42.5 Å². The van der Waals surface area contributed by atoms with Gasteiger partial charge in [-0.1, -0.05) is 12.1 Å². The van der Waals surface area contributed by atoms with E-state index in [0.29, 0.717) is 12.1 Å². The van der Waals surface area contributed by atoms with Gasteiger partial charge in [0.25, 0.3) is 11.8 Å². The molecule has 0 aliphatic carbocycles. The lowest BCUT2D eigenvalue weighted by atomic mass is 9.99. The topological polar surface area (TPSA) is 54.5 Å². The van der Waals surface area contributed by atoms with Crippen molar-refractivity contribution < 1.29 is 40.7 Å². The van der Waals surface area contributed by atoms with Crippen LogP contribution in [0.3, 0.4) is 0 Å². The lowest BCUT2D eigenvalue weighted by Crippen LogP contribution is -2.31. The summed E-state index contributed by atoms with van der Waals surface area (Å²) in [5, 5.41) is 0. The van der Waals surface area contributed by atoms with Crippen LogP contribution in [0.1, 0.15) is 55.0 Å². The number of imide groups is 1. The number of carbonyl (C=O) groups is 3. The van der Waals surface area contributed by atoms with Crippen molar-refractivity contribution in [1.82, 2.24) is 4.90 Å². The molecule has 0 aromatic heterocycles. The predicted octanol–water partition coefficient (Wildman–Crippen LogP) is 4.98. The van der Waals surface area contributed by atoms with Crippen molar-refractivity contribution in [2.45, 2.75) is 25.2 Å². The molecule has 4 nitrogen and oxygen atoms in total. The van der Waals surface area contributed by atoms with Crippen molar-refractivity contribution in [1.29, 1.82) is 0 Å². The first-order chi connectivity index (χ1) is 13.9. The van der Waals surface area contributed by atoms with E-state index in [4.69, 9.17) is 0 Å². The second kappa shape index (κ2) is 7.58. The van der Waals surface area contributed by atoms with Gasteiger partial charge in [0.2, 0.25) is 0 Å². The summed E-state index contributed by atoms with van der Waals surface area (Å²) < 4.78 is 77.5. The maximum Gasteiger partial charge on any atom is 0.416 e. The molecule has 0 radical (unpaired) electrons. The van der Waals surface area contributed by atoms with Gasteiger partial charge in [0, 0.05) is 18.5 Å². The summed E-state index contributed by atoms with van der Waals surface area (Å²) in [6, 6.07) is 6.73. The highest BCUT2D eigenvalue weighted by molar-refractivity contribution is 6.21. The van der Waals surface area contributed by atoms with Crippen LogP contribution in [-0.2, 0) is 12.4 Å². The zero-order valence-electron chi connectivity index (χ0n) is 15.1. The average molecular weight is 429 g/mol. The minimum atomic E-state index is -5.06. The van der Waals surface area contributed by atoms with Crippen LogP contribution in [0, 0.1) is 0 Å². The molecule has 10 heteroatoms. The monoisotopic (exact) mass is 429 g/mol. The van der Waals surface area contributed by atoms with E-state index in [0.717, 1.165) is 4.90 Å². The normalized spacial score (nSPS) is 14.3. The van der Waals surface area contributed by atoms with Gasteiger partial charge in [0.05, 0.1) is 22.3 Å². The van der Waals surface area contributed by atoms with Gasteiger partial charge in [-0.2, -0.15) is 26.3 Å². The summed E-state index contributed by atoms with van der Waals surface area (Å²) in [7, 11) is 0. The van der Waals surface area contributed by atoms with Gasteiger partial charge >= 0.3 is 12.4 Å². The van der Waals surface area contributed by atoms with E-state index < -0.39 is 53.1 Å². The number of halogens is 6. The molecule has 30 heavy (non-hydrogen) atoms. The molecule has 1 heterocycles. The molecule has 0 unspecified atom stereocenters. The van der Waals surface area contributed by atoms with Gasteiger partial charge in [-0.25, -0.2) is 0 Å². The molecular formula is C20H13F6NO3. The van der Waals surface area contributed by atoms with Crippen molar-refractivity contribution in [3.8, 4) is 0 Å². The van der Waals surface area contributed by atoms with E-state index in [1.165, 1.54) is 12.1 Å². The Bertz CT molecular complexity index is 959. The Morgan fingerprint density at radius 1 is 0.800 bits per heavy atom. The predicted molar refractivity (Wildman–Crippen MR) is 91.8 cm³/mol. The molecule has 2 aromatic carbocycles. The minimum absolute atomic E-state index is 0.0600. The van der Waals surface area contributed by atoms with Gasteiger partial charge in [-0.05, 0) is 36.8 Å². The lowest BCUT2D eigenvalue weighted by Gasteiger charge is -2.15. The third kappa shape index (κ3) is 4.22. The number of ketones is 1. The van der Waals surface area contributed by atoms with Gasteiger partial charge < -0.3 is 0 Å². The Kier molecular flexibility index (Phi) is 5.44. The van der Waals surface area contributed by atoms with Crippen LogP contribution >= 0.6 is 0 Å². The number of benzene rings is 2. The number of fused-ring (bicyclic) bond motifs is 1. The van der Waals surface area contributed by atoms with E-state index in [9.17, 15) is 40.7 Å². The van der Waals surface area contributed by atoms with Crippen LogP contribution in [0.2, 0.25) is 0 Å². The molecule has 1 aliphatic heterocycles. The molecule has 0 N–H and O–H groups in total. The van der Waals surface area contributed by atoms with Crippen LogP contribution in [0.4, 0.5) is 26.3 Å². The zero-order chi connectivity index (χ0) is 22.3. The summed E-state index contributed by atoms with van der Waals surface area (Å²) in [5.74, 6) is -2.09. The quantitative estimate of drug-likeness (QED) is 0.383. The van der Waals surface area contributed by atoms with Gasteiger partial charge in [0.15, 0.2) is 5.78 Å². The Morgan fingerprint density at radius 3 is 1.70 bits per heavy atom. The summed E-state index contributed by atoms with van der Waals surface area (Å²) in [6.07, 6.45) is -10.7. The van der Waals surface area contributed by atoms with Crippen molar-refractivity contribution in [3.63, 3.8) is 0 Å². The Balaban J connectivity index is 1.73. The minimum Gasteiger partial charge on any atom is -0.294 e. The van der Waals surface area contributed by atoms with Crippen molar-refractivity contribution >= 4 is 17.6 Å². The fraction of sp³-hybridized carbons (Fsp3) is 0.250. The first-order valence-electron chi connectivity index (χ1n) is 8.67. The molecular weight excluding hydrogens is 416 g/mol. The molecule has 0 fully saturated rings. The molecule has 2 aromatic rings. The fourth-order valence-electron chi connectivity index (χ4n) is 3.10. The van der Waals surface area contributed by atoms with E-state index in [2.05, 4.69) is 0 Å². The summed E-state index contributed by atoms with van der Waals surface area (Å²) in [4.78, 5) is 37.6. The molecule has 2 amide bonds. The first-order valence-corrected chi connectivity index (χ1v) is 8.67. The van der Waals surface area contributed by atoms with Crippen LogP contribution in [0.5, 0.6) is 0 Å². The molecule has 0 bridgehead atoms. The second-order valence-electron chi connectivity index (χ2n) is 6.63. The molecule has 0 atom stereocenters. The van der Waals surface area contributed by atoms with Crippen molar-refractivity contribution in [2.75, 3.05) is 6.54 Å². The third-order valence-corrected chi connectivity index (χ3v) is 4.57. The highest BCUT2D eigenvalue weighted by atomic mass is 19.4. The molecule has 0 spiro atoms. The number of alkyl halides is 6. The molecule has 158 valence electrons. The number of amides is 2. The van der Waals surface area contributed by atoms with Crippen molar-refractivity contribution in [2.24, 2.45) is 0 Å². The Labute approximate surface area is 166 Å². The average Bonchev–Trinajstić information content (AvgIpc) is 2.91. The standard InChI is InChI=1S/C20H13F6NO3/c21-19(22,23)12-8-11(9-13(10-12)20(24,25)26)16(28)6-3-7-27-17(29)14-4-1-2-5-15(14)18(27)30/h1-2,4-5,8-10H,3,6-7H2. The van der Waals surface area contributed by atoms with Crippen molar-refractivity contribution in [3.05, 3.63) is 70.3 Å². The number of hydrogen-bond donors (Lipinski definition) is 0. The Morgan fingerprint density at radius 2 is 1.27 bits per heavy atom. The molecule has 1 aliphatic rings. The number of Topliss-reactive ketones (excluding diaryl/α,β-unsaturated/α-hetero) is 1. The Hall–Kier alpha value is -3.17. The van der Waals surface area contributed by atoms with Crippen LogP contribution < -0.4 is 0 Å². The SMILES string of the molecule is O=C(CCCN1C(=O)c2ccccc2C1=O)c1cc(C(F)(F)F)cc(C(F)(F)F)c1.